The third-order valence-electron chi connectivity index (χ3n) is 8.23. The van der Waals surface area contributed by atoms with Gasteiger partial charge in [-0.3, -0.25) is 0 Å². The summed E-state index contributed by atoms with van der Waals surface area (Å²) in [5.74, 6) is 0.688. The number of furan rings is 1. The Hall–Kier alpha value is -5.54. The zero-order chi connectivity index (χ0) is 26.9. The molecule has 3 nitrogen and oxygen atoms in total. The lowest BCUT2D eigenvalue weighted by Crippen LogP contribution is -1.95. The maximum absolute atomic E-state index is 6.45. The van der Waals surface area contributed by atoms with Crippen LogP contribution < -0.4 is 0 Å². The first kappa shape index (κ1) is 22.3. The molecule has 9 aromatic rings. The minimum atomic E-state index is 0.688. The van der Waals surface area contributed by atoms with Gasteiger partial charge in [0.1, 0.15) is 11.2 Å². The van der Waals surface area contributed by atoms with Gasteiger partial charge in [0.05, 0.1) is 11.2 Å². The molecule has 0 saturated heterocycles. The van der Waals surface area contributed by atoms with E-state index < -0.39 is 0 Å². The molecular formula is C38H22N2O. The second-order valence-electron chi connectivity index (χ2n) is 10.6. The summed E-state index contributed by atoms with van der Waals surface area (Å²) in [5, 5.41) is 8.19. The maximum Gasteiger partial charge on any atom is 0.160 e. The summed E-state index contributed by atoms with van der Waals surface area (Å²) in [6.07, 6.45) is 0. The van der Waals surface area contributed by atoms with Crippen molar-refractivity contribution < 1.29 is 4.42 Å². The van der Waals surface area contributed by atoms with Crippen molar-refractivity contribution in [2.45, 2.75) is 0 Å². The van der Waals surface area contributed by atoms with Gasteiger partial charge in [0.15, 0.2) is 5.82 Å². The molecule has 0 amide bonds. The largest absolute Gasteiger partial charge is 0.456 e. The second kappa shape index (κ2) is 8.48. The molecule has 9 rings (SSSR count). The fourth-order valence-electron chi connectivity index (χ4n) is 6.34. The lowest BCUT2D eigenvalue weighted by atomic mass is 9.93. The van der Waals surface area contributed by atoms with Crippen molar-refractivity contribution in [1.82, 2.24) is 9.97 Å². The van der Waals surface area contributed by atoms with Crippen molar-refractivity contribution in [3.05, 3.63) is 133 Å². The average molecular weight is 523 g/mol. The Morgan fingerprint density at radius 1 is 0.390 bits per heavy atom. The van der Waals surface area contributed by atoms with Crippen LogP contribution in [-0.2, 0) is 0 Å². The fourth-order valence-corrected chi connectivity index (χ4v) is 6.34. The smallest absolute Gasteiger partial charge is 0.160 e. The predicted octanol–water partition coefficient (Wildman–Crippen LogP) is 10.3. The van der Waals surface area contributed by atoms with Gasteiger partial charge >= 0.3 is 0 Å². The molecule has 0 radical (unpaired) electrons. The SMILES string of the molecule is c1ccc(-c2ccc(-c3nc(-c4cc5oc6cccc7c8ccccc8c(c4)c5c67)nc4ccccc34)cc2)cc1. The Bertz CT molecular complexity index is 2400. The average Bonchev–Trinajstić information content (AvgIpc) is 3.43. The summed E-state index contributed by atoms with van der Waals surface area (Å²) in [5.41, 5.74) is 7.99. The first-order valence-electron chi connectivity index (χ1n) is 13.8. The van der Waals surface area contributed by atoms with Crippen LogP contribution in [0.2, 0.25) is 0 Å². The van der Waals surface area contributed by atoms with E-state index in [0.29, 0.717) is 5.82 Å². The summed E-state index contributed by atoms with van der Waals surface area (Å²) in [6, 6.07) is 46.6. The molecule has 41 heavy (non-hydrogen) atoms. The summed E-state index contributed by atoms with van der Waals surface area (Å²) in [7, 11) is 0. The van der Waals surface area contributed by atoms with Crippen LogP contribution in [0.4, 0.5) is 0 Å². The van der Waals surface area contributed by atoms with Gasteiger partial charge < -0.3 is 4.42 Å². The van der Waals surface area contributed by atoms with E-state index >= 15 is 0 Å². The summed E-state index contributed by atoms with van der Waals surface area (Å²) < 4.78 is 6.45. The van der Waals surface area contributed by atoms with Crippen molar-refractivity contribution in [2.75, 3.05) is 0 Å². The van der Waals surface area contributed by atoms with E-state index in [1.54, 1.807) is 0 Å². The molecule has 2 heterocycles. The first-order chi connectivity index (χ1) is 20.3. The third kappa shape index (κ3) is 3.33. The lowest BCUT2D eigenvalue weighted by molar-refractivity contribution is 0.669. The molecular weight excluding hydrogens is 500 g/mol. The van der Waals surface area contributed by atoms with Crippen molar-refractivity contribution in [3.63, 3.8) is 0 Å². The Kier molecular flexibility index (Phi) is 4.61. The molecule has 0 aliphatic heterocycles. The number of aromatic nitrogens is 2. The predicted molar refractivity (Wildman–Crippen MR) is 169 cm³/mol. The van der Waals surface area contributed by atoms with Gasteiger partial charge in [-0.25, -0.2) is 9.97 Å². The summed E-state index contributed by atoms with van der Waals surface area (Å²) in [4.78, 5) is 10.3. The van der Waals surface area contributed by atoms with Gasteiger partial charge in [-0.05, 0) is 56.9 Å². The quantitative estimate of drug-likeness (QED) is 0.217. The van der Waals surface area contributed by atoms with E-state index in [0.717, 1.165) is 49.7 Å². The highest BCUT2D eigenvalue weighted by Crippen LogP contribution is 2.44. The van der Waals surface area contributed by atoms with Gasteiger partial charge in [-0.2, -0.15) is 0 Å². The van der Waals surface area contributed by atoms with Gasteiger partial charge in [0.25, 0.3) is 0 Å². The molecule has 0 saturated carbocycles. The number of fused-ring (bicyclic) bond motifs is 4. The van der Waals surface area contributed by atoms with E-state index in [2.05, 4.69) is 115 Å². The van der Waals surface area contributed by atoms with Crippen LogP contribution in [0.5, 0.6) is 0 Å². The molecule has 2 aromatic heterocycles. The summed E-state index contributed by atoms with van der Waals surface area (Å²) >= 11 is 0. The van der Waals surface area contributed by atoms with Gasteiger partial charge in [0.2, 0.25) is 0 Å². The zero-order valence-corrected chi connectivity index (χ0v) is 22.0. The Morgan fingerprint density at radius 2 is 1.02 bits per heavy atom. The fraction of sp³-hybridized carbons (Fsp3) is 0. The number of hydrogen-bond donors (Lipinski definition) is 0. The van der Waals surface area contributed by atoms with Crippen LogP contribution in [0.15, 0.2) is 138 Å². The van der Waals surface area contributed by atoms with Crippen LogP contribution in [0, 0.1) is 0 Å². The maximum atomic E-state index is 6.45. The van der Waals surface area contributed by atoms with Crippen LogP contribution in [-0.4, -0.2) is 9.97 Å². The molecule has 0 fully saturated rings. The van der Waals surface area contributed by atoms with Crippen molar-refractivity contribution in [1.29, 1.82) is 0 Å². The molecule has 0 aliphatic rings. The molecule has 0 bridgehead atoms. The number of rotatable bonds is 3. The summed E-state index contributed by atoms with van der Waals surface area (Å²) in [6.45, 7) is 0. The third-order valence-corrected chi connectivity index (χ3v) is 8.23. The monoisotopic (exact) mass is 522 g/mol. The van der Waals surface area contributed by atoms with E-state index in [9.17, 15) is 0 Å². The zero-order valence-electron chi connectivity index (χ0n) is 22.0. The highest BCUT2D eigenvalue weighted by Gasteiger charge is 2.20. The number of hydrogen-bond acceptors (Lipinski definition) is 3. The Morgan fingerprint density at radius 3 is 1.85 bits per heavy atom. The van der Waals surface area contributed by atoms with Crippen molar-refractivity contribution >= 4 is 54.4 Å². The van der Waals surface area contributed by atoms with Crippen molar-refractivity contribution in [3.8, 4) is 33.8 Å². The molecule has 190 valence electrons. The van der Waals surface area contributed by atoms with E-state index in [-0.39, 0.29) is 0 Å². The highest BCUT2D eigenvalue weighted by atomic mass is 16.3. The van der Waals surface area contributed by atoms with Gasteiger partial charge in [0, 0.05) is 27.3 Å². The normalized spacial score (nSPS) is 11.9. The Balaban J connectivity index is 1.29. The minimum Gasteiger partial charge on any atom is -0.456 e. The van der Waals surface area contributed by atoms with Crippen molar-refractivity contribution in [2.24, 2.45) is 0 Å². The van der Waals surface area contributed by atoms with E-state index in [1.807, 2.05) is 18.2 Å². The number of benzene rings is 7. The van der Waals surface area contributed by atoms with E-state index in [4.69, 9.17) is 14.4 Å². The molecule has 3 heteroatoms. The van der Waals surface area contributed by atoms with Gasteiger partial charge in [-0.1, -0.05) is 109 Å². The van der Waals surface area contributed by atoms with E-state index in [1.165, 1.54) is 32.7 Å². The Labute approximate surface area is 235 Å². The van der Waals surface area contributed by atoms with Crippen LogP contribution >= 0.6 is 0 Å². The minimum absolute atomic E-state index is 0.688. The molecule has 0 atom stereocenters. The highest BCUT2D eigenvalue weighted by molar-refractivity contribution is 6.33. The van der Waals surface area contributed by atoms with Crippen LogP contribution in [0.3, 0.4) is 0 Å². The molecule has 7 aromatic carbocycles. The van der Waals surface area contributed by atoms with Crippen LogP contribution in [0.25, 0.3) is 88.2 Å². The molecule has 0 unspecified atom stereocenters. The van der Waals surface area contributed by atoms with Gasteiger partial charge in [-0.15, -0.1) is 0 Å². The van der Waals surface area contributed by atoms with Crippen LogP contribution in [0.1, 0.15) is 0 Å². The molecule has 0 aliphatic carbocycles. The standard InChI is InChI=1S/C38H22N2O/c1-2-9-23(10-3-1)24-17-19-25(20-18-24)37-30-13-6-7-15-32(30)39-38(40-37)26-21-31-28-12-5-4-11-27(28)29-14-8-16-33-35(29)36(31)34(22-26)41-33/h1-22H. The molecule has 0 spiro atoms. The lowest BCUT2D eigenvalue weighted by Gasteiger charge is -2.12. The number of nitrogens with zero attached hydrogens (tertiary/aromatic N) is 2. The first-order valence-corrected chi connectivity index (χ1v) is 13.8. The molecule has 0 N–H and O–H groups in total. The number of para-hydroxylation sites is 1. The topological polar surface area (TPSA) is 38.9 Å². The second-order valence-corrected chi connectivity index (χ2v) is 10.6.